The highest BCUT2D eigenvalue weighted by Crippen LogP contribution is 2.22. The summed E-state index contributed by atoms with van der Waals surface area (Å²) in [5.41, 5.74) is 0.925. The third kappa shape index (κ3) is 1.96. The Morgan fingerprint density at radius 2 is 1.87 bits per heavy atom. The lowest BCUT2D eigenvalue weighted by Gasteiger charge is -2.01. The Labute approximate surface area is 93.0 Å². The van der Waals surface area contributed by atoms with Gasteiger partial charge in [0, 0.05) is 12.6 Å². The fourth-order valence-electron chi connectivity index (χ4n) is 1.31. The maximum absolute atomic E-state index is 11.6. The van der Waals surface area contributed by atoms with Gasteiger partial charge >= 0.3 is 0 Å². The van der Waals surface area contributed by atoms with E-state index < -0.39 is 9.84 Å². The molecule has 0 unspecified atom stereocenters. The second-order valence-electron chi connectivity index (χ2n) is 3.14. The van der Waals surface area contributed by atoms with Gasteiger partial charge in [-0.05, 0) is 17.2 Å². The summed E-state index contributed by atoms with van der Waals surface area (Å²) in [6.45, 7) is 0. The number of aliphatic imine (C=N–C) groups is 1. The lowest BCUT2D eigenvalue weighted by atomic mass is 10.1. The predicted molar refractivity (Wildman–Crippen MR) is 60.4 cm³/mol. The summed E-state index contributed by atoms with van der Waals surface area (Å²) in [6.07, 6.45) is 1.65. The van der Waals surface area contributed by atoms with Crippen molar-refractivity contribution < 1.29 is 8.42 Å². The Bertz CT molecular complexity index is 532. The summed E-state index contributed by atoms with van der Waals surface area (Å²) < 4.78 is 22.8. The van der Waals surface area contributed by atoms with Crippen molar-refractivity contribution in [3.05, 3.63) is 47.0 Å². The largest absolute Gasteiger partial charge is 0.232 e. The summed E-state index contributed by atoms with van der Waals surface area (Å²) in [7, 11) is -3.49. The molecule has 5 heteroatoms. The molecule has 0 saturated heterocycles. The highest BCUT2D eigenvalue weighted by atomic mass is 35.5. The second-order valence-corrected chi connectivity index (χ2v) is 5.64. The molecule has 1 aromatic carbocycles. The van der Waals surface area contributed by atoms with E-state index in [-0.39, 0.29) is 9.41 Å². The Kier molecular flexibility index (Phi) is 2.63. The van der Waals surface area contributed by atoms with Crippen LogP contribution in [0.1, 0.15) is 5.56 Å². The van der Waals surface area contributed by atoms with E-state index in [1.165, 1.54) is 6.20 Å². The van der Waals surface area contributed by atoms with E-state index >= 15 is 0 Å². The van der Waals surface area contributed by atoms with Gasteiger partial charge in [-0.2, -0.15) is 0 Å². The molecule has 2 rings (SSSR count). The third-order valence-corrected chi connectivity index (χ3v) is 4.29. The Hall–Kier alpha value is -1.13. The number of rotatable bonds is 2. The molecular weight excluding hydrogens is 234 g/mol. The fraction of sp³-hybridized carbons (Fsp3) is 0.100. The van der Waals surface area contributed by atoms with Crippen molar-refractivity contribution >= 4 is 25.9 Å². The summed E-state index contributed by atoms with van der Waals surface area (Å²) in [4.78, 5) is 3.85. The number of hydrogen-bond donors (Lipinski definition) is 0. The molecule has 0 saturated carbocycles. The van der Waals surface area contributed by atoms with Gasteiger partial charge in [0.15, 0.2) is 0 Å². The van der Waals surface area contributed by atoms with Gasteiger partial charge in [0.2, 0.25) is 14.3 Å². The molecule has 15 heavy (non-hydrogen) atoms. The van der Waals surface area contributed by atoms with Gasteiger partial charge < -0.3 is 0 Å². The minimum atomic E-state index is -3.49. The van der Waals surface area contributed by atoms with E-state index in [0.717, 1.165) is 5.56 Å². The SMILES string of the molecule is O=S1(=O)C(Cc2ccccc2)=CN=C1Cl. The minimum Gasteiger partial charge on any atom is -0.232 e. The maximum atomic E-state index is 11.6. The van der Waals surface area contributed by atoms with Gasteiger partial charge in [0.1, 0.15) is 0 Å². The molecule has 1 aliphatic rings. The molecule has 0 spiro atoms. The van der Waals surface area contributed by atoms with Crippen LogP contribution in [-0.4, -0.2) is 12.9 Å². The first-order valence-electron chi connectivity index (χ1n) is 4.32. The molecule has 0 radical (unpaired) electrons. The third-order valence-electron chi connectivity index (χ3n) is 2.10. The zero-order chi connectivity index (χ0) is 10.9. The van der Waals surface area contributed by atoms with Gasteiger partial charge in [-0.1, -0.05) is 30.3 Å². The van der Waals surface area contributed by atoms with Crippen molar-refractivity contribution in [1.82, 2.24) is 0 Å². The van der Waals surface area contributed by atoms with Crippen LogP contribution in [0.2, 0.25) is 0 Å². The average molecular weight is 242 g/mol. The van der Waals surface area contributed by atoms with Crippen molar-refractivity contribution in [3.63, 3.8) is 0 Å². The standard InChI is InChI=1S/C10H8ClNO2S/c11-10-12-7-9(15(10,13)14)6-8-4-2-1-3-5-8/h1-5,7H,6H2. The van der Waals surface area contributed by atoms with Crippen molar-refractivity contribution in [1.29, 1.82) is 0 Å². The van der Waals surface area contributed by atoms with E-state index in [1.807, 2.05) is 30.3 Å². The van der Waals surface area contributed by atoms with Crippen LogP contribution < -0.4 is 0 Å². The van der Waals surface area contributed by atoms with Crippen LogP contribution in [0.5, 0.6) is 0 Å². The molecule has 78 valence electrons. The number of allylic oxidation sites excluding steroid dienone is 1. The Balaban J connectivity index is 2.25. The van der Waals surface area contributed by atoms with Crippen LogP contribution in [0.3, 0.4) is 0 Å². The van der Waals surface area contributed by atoms with Crippen molar-refractivity contribution in [3.8, 4) is 0 Å². The smallest absolute Gasteiger partial charge is 0.232 e. The van der Waals surface area contributed by atoms with Gasteiger partial charge in [-0.3, -0.25) is 0 Å². The van der Waals surface area contributed by atoms with E-state index in [4.69, 9.17) is 11.6 Å². The first-order valence-corrected chi connectivity index (χ1v) is 6.18. The molecule has 0 atom stereocenters. The molecule has 0 N–H and O–H groups in total. The highest BCUT2D eigenvalue weighted by Gasteiger charge is 2.27. The normalized spacial score (nSPS) is 18.5. The summed E-state index contributed by atoms with van der Waals surface area (Å²) in [5, 5.41) is 0. The van der Waals surface area contributed by atoms with Gasteiger partial charge in [-0.15, -0.1) is 0 Å². The zero-order valence-corrected chi connectivity index (χ0v) is 9.29. The van der Waals surface area contributed by atoms with Crippen LogP contribution in [0.4, 0.5) is 0 Å². The monoisotopic (exact) mass is 241 g/mol. The van der Waals surface area contributed by atoms with Crippen molar-refractivity contribution in [2.45, 2.75) is 6.42 Å². The molecule has 1 heterocycles. The van der Waals surface area contributed by atoms with Crippen LogP contribution in [0.25, 0.3) is 0 Å². The Morgan fingerprint density at radius 1 is 1.20 bits per heavy atom. The minimum absolute atomic E-state index is 0.249. The van der Waals surface area contributed by atoms with Crippen LogP contribution in [0, 0.1) is 0 Å². The average Bonchev–Trinajstić information content (AvgIpc) is 2.47. The number of nitrogens with zero attached hydrogens (tertiary/aromatic N) is 1. The maximum Gasteiger partial charge on any atom is 0.232 e. The lowest BCUT2D eigenvalue weighted by Crippen LogP contribution is -2.08. The van der Waals surface area contributed by atoms with E-state index in [9.17, 15) is 8.42 Å². The number of sulfone groups is 1. The molecule has 0 aromatic heterocycles. The first-order chi connectivity index (χ1) is 7.10. The number of benzene rings is 1. The van der Waals surface area contributed by atoms with Crippen LogP contribution >= 0.6 is 11.6 Å². The first kappa shape index (κ1) is 10.4. The predicted octanol–water partition coefficient (Wildman–Crippen LogP) is 2.09. The van der Waals surface area contributed by atoms with Crippen LogP contribution in [-0.2, 0) is 16.3 Å². The van der Waals surface area contributed by atoms with Gasteiger partial charge in [-0.25, -0.2) is 13.4 Å². The van der Waals surface area contributed by atoms with E-state index in [2.05, 4.69) is 4.99 Å². The number of halogens is 1. The molecule has 1 aromatic rings. The highest BCUT2D eigenvalue weighted by molar-refractivity contribution is 8.12. The quantitative estimate of drug-likeness (QED) is 0.796. The van der Waals surface area contributed by atoms with Gasteiger partial charge in [0.05, 0.1) is 4.91 Å². The molecule has 0 bridgehead atoms. The molecular formula is C10H8ClNO2S. The molecule has 0 fully saturated rings. The molecule has 1 aliphatic heterocycles. The number of hydrogen-bond acceptors (Lipinski definition) is 3. The second kappa shape index (κ2) is 3.79. The van der Waals surface area contributed by atoms with E-state index in [1.54, 1.807) is 0 Å². The van der Waals surface area contributed by atoms with E-state index in [0.29, 0.717) is 6.42 Å². The molecule has 0 amide bonds. The Morgan fingerprint density at radius 3 is 2.40 bits per heavy atom. The van der Waals surface area contributed by atoms with Crippen LogP contribution in [0.15, 0.2) is 46.4 Å². The fourth-order valence-corrected chi connectivity index (χ4v) is 2.61. The summed E-state index contributed by atoms with van der Waals surface area (Å²) >= 11 is 5.47. The summed E-state index contributed by atoms with van der Waals surface area (Å²) in [6, 6.07) is 9.33. The topological polar surface area (TPSA) is 46.5 Å². The van der Waals surface area contributed by atoms with Gasteiger partial charge in [0.25, 0.3) is 0 Å². The zero-order valence-electron chi connectivity index (χ0n) is 7.72. The van der Waals surface area contributed by atoms with Crippen molar-refractivity contribution in [2.24, 2.45) is 4.99 Å². The summed E-state index contributed by atoms with van der Waals surface area (Å²) in [5.74, 6) is 0. The lowest BCUT2D eigenvalue weighted by molar-refractivity contribution is 0.613. The molecule has 0 aliphatic carbocycles. The molecule has 3 nitrogen and oxygen atoms in total. The van der Waals surface area contributed by atoms with Crippen molar-refractivity contribution in [2.75, 3.05) is 0 Å².